The van der Waals surface area contributed by atoms with Crippen molar-refractivity contribution in [3.8, 4) is 0 Å². The standard InChI is InChI=1S/C18H28N2O/c1-14-11-16(3)17(12-15(14)2)13-19-8-7-18(21)20-9-5-4-6-10-20/h11-12,19H,4-10,13H2,1-3H3. The van der Waals surface area contributed by atoms with Gasteiger partial charge in [0.1, 0.15) is 0 Å². The Morgan fingerprint density at radius 1 is 1.05 bits per heavy atom. The van der Waals surface area contributed by atoms with Crippen molar-refractivity contribution in [2.24, 2.45) is 0 Å². The van der Waals surface area contributed by atoms with E-state index in [4.69, 9.17) is 0 Å². The number of hydrogen-bond acceptors (Lipinski definition) is 2. The van der Waals surface area contributed by atoms with Crippen molar-refractivity contribution in [1.29, 1.82) is 0 Å². The molecule has 1 aliphatic heterocycles. The van der Waals surface area contributed by atoms with E-state index in [-0.39, 0.29) is 0 Å². The second-order valence-corrected chi connectivity index (χ2v) is 6.23. The highest BCUT2D eigenvalue weighted by atomic mass is 16.2. The average Bonchev–Trinajstić information content (AvgIpc) is 2.49. The summed E-state index contributed by atoms with van der Waals surface area (Å²) in [5, 5.41) is 3.41. The third-order valence-corrected chi connectivity index (χ3v) is 4.49. The van der Waals surface area contributed by atoms with Crippen LogP contribution in [0.1, 0.15) is 47.9 Å². The Morgan fingerprint density at radius 2 is 1.71 bits per heavy atom. The zero-order chi connectivity index (χ0) is 15.2. The van der Waals surface area contributed by atoms with Crippen LogP contribution in [0, 0.1) is 20.8 Å². The highest BCUT2D eigenvalue weighted by molar-refractivity contribution is 5.76. The van der Waals surface area contributed by atoms with Gasteiger partial charge >= 0.3 is 0 Å². The number of nitrogens with zero attached hydrogens (tertiary/aromatic N) is 1. The normalized spacial score (nSPS) is 15.3. The van der Waals surface area contributed by atoms with Crippen LogP contribution >= 0.6 is 0 Å². The molecule has 0 aliphatic carbocycles. The summed E-state index contributed by atoms with van der Waals surface area (Å²) in [6, 6.07) is 4.50. The Balaban J connectivity index is 1.74. The molecule has 1 aromatic rings. The van der Waals surface area contributed by atoms with Crippen molar-refractivity contribution in [3.05, 3.63) is 34.4 Å². The fourth-order valence-corrected chi connectivity index (χ4v) is 2.93. The maximum Gasteiger partial charge on any atom is 0.223 e. The number of carbonyl (C=O) groups is 1. The third kappa shape index (κ3) is 4.57. The summed E-state index contributed by atoms with van der Waals surface area (Å²) >= 11 is 0. The van der Waals surface area contributed by atoms with Gasteiger partial charge in [0.25, 0.3) is 0 Å². The molecule has 1 aromatic carbocycles. The number of nitrogens with one attached hydrogen (secondary N) is 1. The zero-order valence-electron chi connectivity index (χ0n) is 13.7. The van der Waals surface area contributed by atoms with Gasteiger partial charge in [-0.05, 0) is 62.3 Å². The lowest BCUT2D eigenvalue weighted by molar-refractivity contribution is -0.131. The summed E-state index contributed by atoms with van der Waals surface area (Å²) in [6.07, 6.45) is 4.22. The smallest absolute Gasteiger partial charge is 0.223 e. The van der Waals surface area contributed by atoms with Crippen molar-refractivity contribution < 1.29 is 4.79 Å². The van der Waals surface area contributed by atoms with Gasteiger partial charge in [0, 0.05) is 32.6 Å². The molecule has 1 N–H and O–H groups in total. The summed E-state index contributed by atoms with van der Waals surface area (Å²) < 4.78 is 0. The van der Waals surface area contributed by atoms with Crippen molar-refractivity contribution in [2.75, 3.05) is 19.6 Å². The highest BCUT2D eigenvalue weighted by Gasteiger charge is 2.15. The minimum atomic E-state index is 0.305. The van der Waals surface area contributed by atoms with Crippen LogP contribution in [0.15, 0.2) is 12.1 Å². The number of amides is 1. The first-order chi connectivity index (χ1) is 10.1. The molecule has 1 saturated heterocycles. The fourth-order valence-electron chi connectivity index (χ4n) is 2.93. The van der Waals surface area contributed by atoms with Gasteiger partial charge in [-0.15, -0.1) is 0 Å². The predicted octanol–water partition coefficient (Wildman–Crippen LogP) is 3.10. The summed E-state index contributed by atoms with van der Waals surface area (Å²) in [6.45, 7) is 9.98. The van der Waals surface area contributed by atoms with Crippen LogP contribution in [-0.2, 0) is 11.3 Å². The molecule has 0 radical (unpaired) electrons. The Kier molecular flexibility index (Phi) is 5.80. The van der Waals surface area contributed by atoms with E-state index < -0.39 is 0 Å². The number of aryl methyl sites for hydroxylation is 3. The van der Waals surface area contributed by atoms with Crippen LogP contribution in [0.3, 0.4) is 0 Å². The summed E-state index contributed by atoms with van der Waals surface area (Å²) in [7, 11) is 0. The lowest BCUT2D eigenvalue weighted by atomic mass is 10.0. The first-order valence-corrected chi connectivity index (χ1v) is 8.13. The second kappa shape index (κ2) is 7.60. The summed E-state index contributed by atoms with van der Waals surface area (Å²) in [4.78, 5) is 14.1. The van der Waals surface area contributed by atoms with Gasteiger partial charge < -0.3 is 10.2 Å². The van der Waals surface area contributed by atoms with Crippen LogP contribution in [0.2, 0.25) is 0 Å². The Bertz CT molecular complexity index is 490. The molecule has 1 heterocycles. The molecule has 3 nitrogen and oxygen atoms in total. The van der Waals surface area contributed by atoms with Gasteiger partial charge in [0.2, 0.25) is 5.91 Å². The van der Waals surface area contributed by atoms with Crippen LogP contribution in [0.5, 0.6) is 0 Å². The zero-order valence-corrected chi connectivity index (χ0v) is 13.7. The summed E-state index contributed by atoms with van der Waals surface area (Å²) in [5.74, 6) is 0.305. The lowest BCUT2D eigenvalue weighted by Crippen LogP contribution is -2.37. The highest BCUT2D eigenvalue weighted by Crippen LogP contribution is 2.15. The number of likely N-dealkylation sites (tertiary alicyclic amines) is 1. The molecular formula is C18H28N2O. The van der Waals surface area contributed by atoms with Crippen molar-refractivity contribution in [3.63, 3.8) is 0 Å². The maximum absolute atomic E-state index is 12.1. The van der Waals surface area contributed by atoms with Crippen molar-refractivity contribution in [1.82, 2.24) is 10.2 Å². The SMILES string of the molecule is Cc1cc(C)c(CNCCC(=O)N2CCCCC2)cc1C. The van der Waals surface area contributed by atoms with E-state index in [9.17, 15) is 4.79 Å². The van der Waals surface area contributed by atoms with Crippen LogP contribution < -0.4 is 5.32 Å². The topological polar surface area (TPSA) is 32.3 Å². The van der Waals surface area contributed by atoms with Gasteiger partial charge in [0.15, 0.2) is 0 Å². The molecule has 116 valence electrons. The number of hydrogen-bond donors (Lipinski definition) is 1. The van der Waals surface area contributed by atoms with Crippen molar-refractivity contribution >= 4 is 5.91 Å². The molecule has 1 amide bonds. The first-order valence-electron chi connectivity index (χ1n) is 8.13. The third-order valence-electron chi connectivity index (χ3n) is 4.49. The molecule has 1 aliphatic rings. The van der Waals surface area contributed by atoms with Gasteiger partial charge in [0.05, 0.1) is 0 Å². The Morgan fingerprint density at radius 3 is 2.43 bits per heavy atom. The van der Waals surface area contributed by atoms with Gasteiger partial charge in [-0.1, -0.05) is 12.1 Å². The average molecular weight is 288 g/mol. The van der Waals surface area contributed by atoms with Crippen molar-refractivity contribution in [2.45, 2.75) is 53.0 Å². The van der Waals surface area contributed by atoms with E-state index in [2.05, 4.69) is 38.2 Å². The van der Waals surface area contributed by atoms with E-state index in [0.29, 0.717) is 12.3 Å². The molecular weight excluding hydrogens is 260 g/mol. The minimum absolute atomic E-state index is 0.305. The molecule has 2 rings (SSSR count). The summed E-state index contributed by atoms with van der Waals surface area (Å²) in [5.41, 5.74) is 5.34. The first kappa shape index (κ1) is 16.0. The molecule has 0 unspecified atom stereocenters. The number of rotatable bonds is 5. The molecule has 0 atom stereocenters. The molecule has 21 heavy (non-hydrogen) atoms. The van der Waals surface area contributed by atoms with E-state index in [0.717, 1.165) is 26.2 Å². The van der Waals surface area contributed by atoms with Crippen LogP contribution in [0.25, 0.3) is 0 Å². The fraction of sp³-hybridized carbons (Fsp3) is 0.611. The minimum Gasteiger partial charge on any atom is -0.343 e. The number of benzene rings is 1. The van der Waals surface area contributed by atoms with E-state index in [1.54, 1.807) is 0 Å². The van der Waals surface area contributed by atoms with Gasteiger partial charge in [-0.2, -0.15) is 0 Å². The second-order valence-electron chi connectivity index (χ2n) is 6.23. The van der Waals surface area contributed by atoms with Crippen LogP contribution in [0.4, 0.5) is 0 Å². The number of piperidine rings is 1. The number of carbonyl (C=O) groups excluding carboxylic acids is 1. The predicted molar refractivity (Wildman–Crippen MR) is 87.4 cm³/mol. The Hall–Kier alpha value is -1.35. The molecule has 1 fully saturated rings. The van der Waals surface area contributed by atoms with Gasteiger partial charge in [-0.3, -0.25) is 4.79 Å². The maximum atomic E-state index is 12.1. The molecule has 3 heteroatoms. The molecule has 0 aromatic heterocycles. The van der Waals surface area contributed by atoms with E-state index in [1.807, 2.05) is 4.90 Å². The quantitative estimate of drug-likeness (QED) is 0.844. The Labute approximate surface area is 128 Å². The van der Waals surface area contributed by atoms with E-state index >= 15 is 0 Å². The lowest BCUT2D eigenvalue weighted by Gasteiger charge is -2.26. The molecule has 0 bridgehead atoms. The molecule has 0 saturated carbocycles. The van der Waals surface area contributed by atoms with Gasteiger partial charge in [-0.25, -0.2) is 0 Å². The monoisotopic (exact) mass is 288 g/mol. The largest absolute Gasteiger partial charge is 0.343 e. The van der Waals surface area contributed by atoms with E-state index in [1.165, 1.54) is 41.5 Å². The van der Waals surface area contributed by atoms with Crippen LogP contribution in [-0.4, -0.2) is 30.4 Å². The molecule has 0 spiro atoms.